The number of hydrogen-bond donors (Lipinski definition) is 1. The maximum atomic E-state index is 11.5. The third-order valence-electron chi connectivity index (χ3n) is 4.72. The zero-order valence-electron chi connectivity index (χ0n) is 16.9. The van der Waals surface area contributed by atoms with Crippen LogP contribution in [0.25, 0.3) is 5.57 Å². The maximum Gasteiger partial charge on any atom is 0.337 e. The Balaban J connectivity index is 1.73. The molecule has 0 fully saturated rings. The van der Waals surface area contributed by atoms with Crippen molar-refractivity contribution in [2.24, 2.45) is 5.41 Å². The van der Waals surface area contributed by atoms with E-state index in [0.29, 0.717) is 25.3 Å². The topological polar surface area (TPSA) is 56.8 Å². The molecule has 5 heteroatoms. The van der Waals surface area contributed by atoms with Crippen molar-refractivity contribution in [1.82, 2.24) is 5.32 Å². The number of hydrogen-bond acceptors (Lipinski definition) is 5. The highest BCUT2D eigenvalue weighted by molar-refractivity contribution is 5.89. The molecule has 0 bridgehead atoms. The van der Waals surface area contributed by atoms with Gasteiger partial charge in [0.15, 0.2) is 0 Å². The summed E-state index contributed by atoms with van der Waals surface area (Å²) >= 11 is 0. The van der Waals surface area contributed by atoms with E-state index in [1.807, 2.05) is 30.3 Å². The fourth-order valence-corrected chi connectivity index (χ4v) is 3.23. The Morgan fingerprint density at radius 3 is 2.54 bits per heavy atom. The van der Waals surface area contributed by atoms with Gasteiger partial charge in [0.2, 0.25) is 0 Å². The van der Waals surface area contributed by atoms with Crippen LogP contribution in [0.4, 0.5) is 0 Å². The third-order valence-corrected chi connectivity index (χ3v) is 4.72. The molecule has 1 heterocycles. The molecular weight excluding hydrogens is 354 g/mol. The van der Waals surface area contributed by atoms with E-state index in [1.165, 1.54) is 12.7 Å². The van der Waals surface area contributed by atoms with Crippen molar-refractivity contribution in [3.63, 3.8) is 0 Å². The van der Waals surface area contributed by atoms with Crippen LogP contribution < -0.4 is 14.8 Å². The molecular formula is C23H27NO4. The van der Waals surface area contributed by atoms with Crippen LogP contribution in [-0.2, 0) is 11.3 Å². The SMILES string of the molecule is COC(=O)c1ccc(CNCC2=CC(C)(C)COc3ccc(OC)cc32)cc1. The summed E-state index contributed by atoms with van der Waals surface area (Å²) in [6.45, 7) is 6.36. The summed E-state index contributed by atoms with van der Waals surface area (Å²) in [5.74, 6) is 1.36. The van der Waals surface area contributed by atoms with E-state index in [2.05, 4.69) is 25.2 Å². The first-order valence-corrected chi connectivity index (χ1v) is 9.33. The molecule has 0 spiro atoms. The maximum absolute atomic E-state index is 11.5. The van der Waals surface area contributed by atoms with Gasteiger partial charge in [0.05, 0.1) is 26.4 Å². The molecule has 5 nitrogen and oxygen atoms in total. The molecule has 0 radical (unpaired) electrons. The number of esters is 1. The number of ether oxygens (including phenoxy) is 3. The average molecular weight is 381 g/mol. The van der Waals surface area contributed by atoms with Crippen molar-refractivity contribution >= 4 is 11.5 Å². The lowest BCUT2D eigenvalue weighted by molar-refractivity contribution is 0.0600. The van der Waals surface area contributed by atoms with Crippen LogP contribution in [0.1, 0.15) is 35.3 Å². The first-order chi connectivity index (χ1) is 13.4. The lowest BCUT2D eigenvalue weighted by atomic mass is 9.90. The van der Waals surface area contributed by atoms with Crippen molar-refractivity contribution in [3.8, 4) is 11.5 Å². The molecule has 0 saturated heterocycles. The third kappa shape index (κ3) is 4.73. The Hall–Kier alpha value is -2.79. The second kappa shape index (κ2) is 8.48. The molecule has 28 heavy (non-hydrogen) atoms. The number of carbonyl (C=O) groups excluding carboxylic acids is 1. The van der Waals surface area contributed by atoms with E-state index in [0.717, 1.165) is 22.6 Å². The summed E-state index contributed by atoms with van der Waals surface area (Å²) in [7, 11) is 3.05. The zero-order valence-corrected chi connectivity index (χ0v) is 16.9. The number of benzene rings is 2. The van der Waals surface area contributed by atoms with Gasteiger partial charge in [-0.1, -0.05) is 32.1 Å². The van der Waals surface area contributed by atoms with E-state index in [1.54, 1.807) is 19.2 Å². The van der Waals surface area contributed by atoms with Gasteiger partial charge >= 0.3 is 5.97 Å². The average Bonchev–Trinajstić information content (AvgIpc) is 2.83. The summed E-state index contributed by atoms with van der Waals surface area (Å²) in [5.41, 5.74) is 3.83. The standard InChI is InChI=1S/C23H27NO4/c1-23(2)12-18(20-11-19(26-3)9-10-21(20)28-15-23)14-24-13-16-5-7-17(8-6-16)22(25)27-4/h5-12,24H,13-15H2,1-4H3. The lowest BCUT2D eigenvalue weighted by Gasteiger charge is -2.18. The van der Waals surface area contributed by atoms with E-state index in [-0.39, 0.29) is 11.4 Å². The van der Waals surface area contributed by atoms with Crippen LogP contribution in [0.2, 0.25) is 0 Å². The van der Waals surface area contributed by atoms with E-state index < -0.39 is 0 Å². The minimum absolute atomic E-state index is 0.0641. The van der Waals surface area contributed by atoms with Gasteiger partial charge in [-0.15, -0.1) is 0 Å². The first-order valence-electron chi connectivity index (χ1n) is 9.33. The number of methoxy groups -OCH3 is 2. The quantitative estimate of drug-likeness (QED) is 0.765. The summed E-state index contributed by atoms with van der Waals surface area (Å²) in [6.07, 6.45) is 2.27. The Kier molecular flexibility index (Phi) is 6.05. The molecule has 148 valence electrons. The fourth-order valence-electron chi connectivity index (χ4n) is 3.23. The molecule has 2 aromatic carbocycles. The highest BCUT2D eigenvalue weighted by atomic mass is 16.5. The van der Waals surface area contributed by atoms with Crippen LogP contribution in [0.3, 0.4) is 0 Å². The summed E-state index contributed by atoms with van der Waals surface area (Å²) < 4.78 is 16.2. The minimum atomic E-state index is -0.323. The number of carbonyl (C=O) groups is 1. The van der Waals surface area contributed by atoms with Crippen molar-refractivity contribution in [2.75, 3.05) is 27.4 Å². The Morgan fingerprint density at radius 2 is 1.86 bits per heavy atom. The molecule has 0 saturated carbocycles. The van der Waals surface area contributed by atoms with Gasteiger partial charge in [0.25, 0.3) is 0 Å². The minimum Gasteiger partial charge on any atom is -0.497 e. The Labute approximate surface area is 166 Å². The van der Waals surface area contributed by atoms with Crippen molar-refractivity contribution in [3.05, 3.63) is 65.2 Å². The molecule has 2 aromatic rings. The van der Waals surface area contributed by atoms with Crippen molar-refractivity contribution < 1.29 is 19.0 Å². The van der Waals surface area contributed by atoms with E-state index in [4.69, 9.17) is 14.2 Å². The van der Waals surface area contributed by atoms with Crippen LogP contribution in [-0.4, -0.2) is 33.3 Å². The summed E-state index contributed by atoms with van der Waals surface area (Å²) in [4.78, 5) is 11.5. The normalized spacial score (nSPS) is 14.9. The number of nitrogens with one attached hydrogen (secondary N) is 1. The van der Waals surface area contributed by atoms with Gasteiger partial charge in [0.1, 0.15) is 11.5 Å². The predicted octanol–water partition coefficient (Wildman–Crippen LogP) is 4.07. The second-order valence-corrected chi connectivity index (χ2v) is 7.60. The zero-order chi connectivity index (χ0) is 20.1. The fraction of sp³-hybridized carbons (Fsp3) is 0.348. The molecule has 0 aliphatic carbocycles. The lowest BCUT2D eigenvalue weighted by Crippen LogP contribution is -2.19. The number of fused-ring (bicyclic) bond motifs is 1. The molecule has 1 N–H and O–H groups in total. The van der Waals surface area contributed by atoms with Gasteiger partial charge in [-0.25, -0.2) is 4.79 Å². The van der Waals surface area contributed by atoms with Gasteiger partial charge in [-0.05, 0) is 41.5 Å². The largest absolute Gasteiger partial charge is 0.497 e. The van der Waals surface area contributed by atoms with Gasteiger partial charge in [-0.3, -0.25) is 0 Å². The predicted molar refractivity (Wildman–Crippen MR) is 110 cm³/mol. The molecule has 0 amide bonds. The van der Waals surface area contributed by atoms with Crippen LogP contribution in [0, 0.1) is 5.41 Å². The summed E-state index contributed by atoms with van der Waals surface area (Å²) in [6, 6.07) is 13.3. The Bertz CT molecular complexity index is 869. The van der Waals surface area contributed by atoms with Crippen molar-refractivity contribution in [2.45, 2.75) is 20.4 Å². The molecule has 0 atom stereocenters. The first kappa shape index (κ1) is 20.0. The molecule has 1 aliphatic heterocycles. The van der Waals surface area contributed by atoms with Crippen LogP contribution in [0.5, 0.6) is 11.5 Å². The smallest absolute Gasteiger partial charge is 0.337 e. The van der Waals surface area contributed by atoms with Gasteiger partial charge in [0, 0.05) is 24.1 Å². The van der Waals surface area contributed by atoms with Crippen LogP contribution >= 0.6 is 0 Å². The molecule has 0 unspecified atom stereocenters. The van der Waals surface area contributed by atoms with Crippen molar-refractivity contribution in [1.29, 1.82) is 0 Å². The van der Waals surface area contributed by atoms with Gasteiger partial charge < -0.3 is 19.5 Å². The molecule has 0 aromatic heterocycles. The second-order valence-electron chi connectivity index (χ2n) is 7.60. The highest BCUT2D eigenvalue weighted by Crippen LogP contribution is 2.36. The summed E-state index contributed by atoms with van der Waals surface area (Å²) in [5, 5.41) is 3.50. The van der Waals surface area contributed by atoms with E-state index in [9.17, 15) is 4.79 Å². The monoisotopic (exact) mass is 381 g/mol. The highest BCUT2D eigenvalue weighted by Gasteiger charge is 2.24. The van der Waals surface area contributed by atoms with Gasteiger partial charge in [-0.2, -0.15) is 0 Å². The molecule has 1 aliphatic rings. The number of rotatable bonds is 6. The Morgan fingerprint density at radius 1 is 1.11 bits per heavy atom. The van der Waals surface area contributed by atoms with E-state index >= 15 is 0 Å². The van der Waals surface area contributed by atoms with Crippen LogP contribution in [0.15, 0.2) is 48.5 Å². The molecule has 3 rings (SSSR count).